The summed E-state index contributed by atoms with van der Waals surface area (Å²) in [5, 5.41) is 13.6. The van der Waals surface area contributed by atoms with Gasteiger partial charge in [0.1, 0.15) is 5.69 Å². The van der Waals surface area contributed by atoms with E-state index in [0.717, 1.165) is 0 Å². The molecule has 0 saturated heterocycles. The molecule has 80 valence electrons. The molecule has 6 nitrogen and oxygen atoms in total. The second kappa shape index (κ2) is 5.00. The van der Waals surface area contributed by atoms with Crippen LogP contribution in [-0.4, -0.2) is 22.2 Å². The molecular formula is C9H12N4O2. The summed E-state index contributed by atoms with van der Waals surface area (Å²) in [6.45, 7) is 2.57. The lowest BCUT2D eigenvalue weighted by atomic mass is 10.4. The highest BCUT2D eigenvalue weighted by molar-refractivity contribution is 5.92. The van der Waals surface area contributed by atoms with E-state index >= 15 is 0 Å². The molecule has 0 unspecified atom stereocenters. The fraction of sp³-hybridized carbons (Fsp3) is 0.444. The fourth-order valence-corrected chi connectivity index (χ4v) is 1.13. The van der Waals surface area contributed by atoms with Crippen molar-refractivity contribution >= 4 is 5.91 Å². The van der Waals surface area contributed by atoms with Crippen molar-refractivity contribution in [2.75, 3.05) is 6.54 Å². The van der Waals surface area contributed by atoms with Crippen LogP contribution in [0.2, 0.25) is 0 Å². The fourth-order valence-electron chi connectivity index (χ4n) is 1.13. The lowest BCUT2D eigenvalue weighted by Crippen LogP contribution is -2.23. The first kappa shape index (κ1) is 11.0. The number of nitrogens with one attached hydrogen (secondary N) is 2. The van der Waals surface area contributed by atoms with Gasteiger partial charge in [-0.05, 0) is 6.92 Å². The number of aromatic amines is 1. The molecule has 1 amide bonds. The van der Waals surface area contributed by atoms with Crippen LogP contribution >= 0.6 is 0 Å². The molecule has 1 rings (SSSR count). The summed E-state index contributed by atoms with van der Waals surface area (Å²) in [5.41, 5.74) is -0.0775. The average Bonchev–Trinajstić information content (AvgIpc) is 2.57. The molecule has 0 spiro atoms. The van der Waals surface area contributed by atoms with Gasteiger partial charge in [0, 0.05) is 12.6 Å². The number of aromatic nitrogens is 2. The lowest BCUT2D eigenvalue weighted by Gasteiger charge is -1.99. The molecular weight excluding hydrogens is 196 g/mol. The minimum absolute atomic E-state index is 0.222. The van der Waals surface area contributed by atoms with Gasteiger partial charge in [-0.2, -0.15) is 5.26 Å². The van der Waals surface area contributed by atoms with Gasteiger partial charge in [-0.3, -0.25) is 19.4 Å². The number of carbonyl (C=O) groups is 1. The molecule has 0 radical (unpaired) electrons. The van der Waals surface area contributed by atoms with Crippen molar-refractivity contribution in [3.8, 4) is 6.07 Å². The third-order valence-corrected chi connectivity index (χ3v) is 1.82. The molecule has 15 heavy (non-hydrogen) atoms. The van der Waals surface area contributed by atoms with Crippen molar-refractivity contribution in [2.24, 2.45) is 0 Å². The summed E-state index contributed by atoms with van der Waals surface area (Å²) in [6, 6.07) is 3.15. The Morgan fingerprint density at radius 2 is 2.47 bits per heavy atom. The van der Waals surface area contributed by atoms with Gasteiger partial charge in [-0.1, -0.05) is 0 Å². The van der Waals surface area contributed by atoms with Crippen LogP contribution in [0.4, 0.5) is 0 Å². The number of nitrogens with zero attached hydrogens (tertiary/aromatic N) is 2. The largest absolute Gasteiger partial charge is 0.351 e. The number of amides is 1. The van der Waals surface area contributed by atoms with E-state index in [1.54, 1.807) is 6.92 Å². The summed E-state index contributed by atoms with van der Waals surface area (Å²) >= 11 is 0. The van der Waals surface area contributed by atoms with Crippen LogP contribution in [0, 0.1) is 11.3 Å². The van der Waals surface area contributed by atoms with E-state index in [4.69, 9.17) is 5.26 Å². The Kier molecular flexibility index (Phi) is 3.68. The highest BCUT2D eigenvalue weighted by Gasteiger charge is 2.09. The van der Waals surface area contributed by atoms with Gasteiger partial charge in [-0.25, -0.2) is 0 Å². The molecule has 0 aliphatic rings. The van der Waals surface area contributed by atoms with E-state index in [0.29, 0.717) is 6.54 Å². The zero-order valence-electron chi connectivity index (χ0n) is 8.41. The number of hydrogen-bond acceptors (Lipinski definition) is 3. The zero-order valence-corrected chi connectivity index (χ0v) is 8.41. The Morgan fingerprint density at radius 3 is 3.07 bits per heavy atom. The van der Waals surface area contributed by atoms with Gasteiger partial charge in [-0.15, -0.1) is 0 Å². The molecule has 0 aromatic carbocycles. The van der Waals surface area contributed by atoms with Gasteiger partial charge < -0.3 is 5.32 Å². The van der Waals surface area contributed by atoms with E-state index < -0.39 is 0 Å². The summed E-state index contributed by atoms with van der Waals surface area (Å²) in [4.78, 5) is 22.6. The summed E-state index contributed by atoms with van der Waals surface area (Å²) in [7, 11) is 0. The number of hydrogen-bond donors (Lipinski definition) is 2. The molecule has 1 aromatic rings. The predicted molar refractivity (Wildman–Crippen MR) is 53.3 cm³/mol. The second-order valence-corrected chi connectivity index (χ2v) is 2.93. The normalized spacial score (nSPS) is 9.60. The van der Waals surface area contributed by atoms with E-state index in [-0.39, 0.29) is 30.1 Å². The van der Waals surface area contributed by atoms with Crippen LogP contribution in [0.1, 0.15) is 23.8 Å². The molecule has 1 aromatic heterocycles. The predicted octanol–water partition coefficient (Wildman–Crippen LogP) is -0.160. The van der Waals surface area contributed by atoms with E-state index in [1.807, 2.05) is 6.07 Å². The maximum Gasteiger partial charge on any atom is 0.269 e. The van der Waals surface area contributed by atoms with Gasteiger partial charge in [0.25, 0.3) is 11.5 Å². The maximum absolute atomic E-state index is 11.3. The topological polar surface area (TPSA) is 90.7 Å². The van der Waals surface area contributed by atoms with Crippen molar-refractivity contribution in [3.05, 3.63) is 22.1 Å². The minimum atomic E-state index is -0.315. The van der Waals surface area contributed by atoms with Crippen LogP contribution in [0.5, 0.6) is 0 Å². The quantitative estimate of drug-likeness (QED) is 0.720. The van der Waals surface area contributed by atoms with E-state index in [1.165, 1.54) is 10.7 Å². The van der Waals surface area contributed by atoms with Gasteiger partial charge >= 0.3 is 0 Å². The highest BCUT2D eigenvalue weighted by Crippen LogP contribution is 1.91. The first-order chi connectivity index (χ1) is 7.19. The molecule has 1 heterocycles. The summed E-state index contributed by atoms with van der Waals surface area (Å²) < 4.78 is 1.24. The first-order valence-corrected chi connectivity index (χ1v) is 4.64. The van der Waals surface area contributed by atoms with Crippen LogP contribution in [0.3, 0.4) is 0 Å². The SMILES string of the molecule is CCNC(=O)c1cc(=O)n(CCC#N)[nH]1. The Balaban J connectivity index is 2.82. The van der Waals surface area contributed by atoms with Crippen molar-refractivity contribution in [1.29, 1.82) is 5.26 Å². The van der Waals surface area contributed by atoms with Crippen molar-refractivity contribution in [2.45, 2.75) is 19.9 Å². The zero-order chi connectivity index (χ0) is 11.3. The molecule has 2 N–H and O–H groups in total. The second-order valence-electron chi connectivity index (χ2n) is 2.93. The first-order valence-electron chi connectivity index (χ1n) is 4.64. The standard InChI is InChI=1S/C9H12N4O2/c1-2-11-9(15)7-6-8(14)13(12-7)5-3-4-10/h6,12H,2-3,5H2,1H3,(H,11,15). The Hall–Kier alpha value is -2.03. The van der Waals surface area contributed by atoms with Crippen LogP contribution in [0.15, 0.2) is 10.9 Å². The number of nitriles is 1. The molecule has 0 atom stereocenters. The molecule has 0 bridgehead atoms. The Morgan fingerprint density at radius 1 is 1.73 bits per heavy atom. The Labute approximate surface area is 86.5 Å². The van der Waals surface area contributed by atoms with Crippen molar-refractivity contribution in [3.63, 3.8) is 0 Å². The molecule has 0 fully saturated rings. The van der Waals surface area contributed by atoms with E-state index in [9.17, 15) is 9.59 Å². The average molecular weight is 208 g/mol. The molecule has 0 aliphatic carbocycles. The smallest absolute Gasteiger partial charge is 0.269 e. The van der Waals surface area contributed by atoms with Crippen molar-refractivity contribution < 1.29 is 4.79 Å². The van der Waals surface area contributed by atoms with Gasteiger partial charge in [0.15, 0.2) is 0 Å². The number of aryl methyl sites for hydroxylation is 1. The van der Waals surface area contributed by atoms with Gasteiger partial charge in [0.05, 0.1) is 19.0 Å². The van der Waals surface area contributed by atoms with E-state index in [2.05, 4.69) is 10.4 Å². The number of rotatable bonds is 4. The summed E-state index contributed by atoms with van der Waals surface area (Å²) in [5.74, 6) is -0.315. The van der Waals surface area contributed by atoms with Crippen LogP contribution in [-0.2, 0) is 6.54 Å². The summed E-state index contributed by atoms with van der Waals surface area (Å²) in [6.07, 6.45) is 0.231. The number of carbonyl (C=O) groups excluding carboxylic acids is 1. The van der Waals surface area contributed by atoms with Gasteiger partial charge in [0.2, 0.25) is 0 Å². The maximum atomic E-state index is 11.3. The van der Waals surface area contributed by atoms with Crippen LogP contribution < -0.4 is 10.9 Å². The highest BCUT2D eigenvalue weighted by atomic mass is 16.2. The molecule has 6 heteroatoms. The minimum Gasteiger partial charge on any atom is -0.351 e. The third kappa shape index (κ3) is 2.71. The number of H-pyrrole nitrogens is 1. The Bertz CT molecular complexity index is 438. The lowest BCUT2D eigenvalue weighted by molar-refractivity contribution is 0.0950. The molecule has 0 saturated carbocycles. The van der Waals surface area contributed by atoms with Crippen LogP contribution in [0.25, 0.3) is 0 Å². The third-order valence-electron chi connectivity index (χ3n) is 1.82. The van der Waals surface area contributed by atoms with Crippen molar-refractivity contribution in [1.82, 2.24) is 15.1 Å². The monoisotopic (exact) mass is 208 g/mol. The molecule has 0 aliphatic heterocycles.